The van der Waals surface area contributed by atoms with Crippen LogP contribution in [0.2, 0.25) is 0 Å². The lowest BCUT2D eigenvalue weighted by molar-refractivity contribution is 0.311. The number of nitrogens with one attached hydrogen (secondary N) is 3. The van der Waals surface area contributed by atoms with E-state index in [1.54, 1.807) is 12.3 Å². The summed E-state index contributed by atoms with van der Waals surface area (Å²) in [5.74, 6) is 0.670. The van der Waals surface area contributed by atoms with E-state index in [1.165, 1.54) is 16.9 Å². The normalized spacial score (nSPS) is 15.1. The van der Waals surface area contributed by atoms with Gasteiger partial charge in [0.05, 0.1) is 23.6 Å². The van der Waals surface area contributed by atoms with E-state index in [4.69, 9.17) is 10.1 Å². The highest BCUT2D eigenvalue weighted by molar-refractivity contribution is 7.13. The fourth-order valence-corrected chi connectivity index (χ4v) is 3.91. The van der Waals surface area contributed by atoms with Crippen molar-refractivity contribution < 1.29 is 5.11 Å². The number of aromatic nitrogens is 3. The highest BCUT2D eigenvalue weighted by Crippen LogP contribution is 2.28. The number of aryl methyl sites for hydroxylation is 2. The molecule has 0 amide bonds. The Morgan fingerprint density at radius 1 is 1.18 bits per heavy atom. The molecule has 1 aliphatic heterocycles. The number of nitrogens with zero attached hydrogens (tertiary/aromatic N) is 2. The van der Waals surface area contributed by atoms with E-state index in [9.17, 15) is 4.79 Å². The Bertz CT molecular complexity index is 1030. The quantitative estimate of drug-likeness (QED) is 0.488. The number of aliphatic hydroxyl groups is 1. The number of anilines is 1. The molecule has 8 heteroatoms. The molecule has 4 rings (SSSR count). The highest BCUT2D eigenvalue weighted by Gasteiger charge is 2.25. The SMILES string of the molecule is O=c1[nH]c(CCc2ccccc2)nc2c1C=CNC2c1csc(NCCO)n1. The Hall–Kier alpha value is -2.97. The highest BCUT2D eigenvalue weighted by atomic mass is 32.1. The lowest BCUT2D eigenvalue weighted by atomic mass is 10.0. The summed E-state index contributed by atoms with van der Waals surface area (Å²) in [6, 6.07) is 9.86. The molecule has 7 nitrogen and oxygen atoms in total. The molecule has 28 heavy (non-hydrogen) atoms. The predicted octanol–water partition coefficient (Wildman–Crippen LogP) is 2.08. The van der Waals surface area contributed by atoms with Gasteiger partial charge < -0.3 is 20.7 Å². The molecule has 0 saturated carbocycles. The molecule has 1 atom stereocenters. The van der Waals surface area contributed by atoms with Gasteiger partial charge in [-0.3, -0.25) is 4.79 Å². The van der Waals surface area contributed by atoms with Gasteiger partial charge in [-0.05, 0) is 24.3 Å². The van der Waals surface area contributed by atoms with E-state index >= 15 is 0 Å². The zero-order chi connectivity index (χ0) is 19.3. The van der Waals surface area contributed by atoms with Gasteiger partial charge in [-0.25, -0.2) is 9.97 Å². The summed E-state index contributed by atoms with van der Waals surface area (Å²) in [5.41, 5.74) is 3.11. The third-order valence-electron chi connectivity index (χ3n) is 4.52. The minimum Gasteiger partial charge on any atom is -0.395 e. The topological polar surface area (TPSA) is 103 Å². The summed E-state index contributed by atoms with van der Waals surface area (Å²) in [7, 11) is 0. The zero-order valence-corrected chi connectivity index (χ0v) is 16.0. The molecule has 1 aliphatic rings. The smallest absolute Gasteiger partial charge is 0.258 e. The number of rotatable bonds is 7. The van der Waals surface area contributed by atoms with Crippen LogP contribution in [0.5, 0.6) is 0 Å². The molecule has 144 valence electrons. The first-order chi connectivity index (χ1) is 13.7. The first kappa shape index (κ1) is 18.4. The summed E-state index contributed by atoms with van der Waals surface area (Å²) >= 11 is 1.46. The summed E-state index contributed by atoms with van der Waals surface area (Å²) in [6.45, 7) is 0.493. The van der Waals surface area contributed by atoms with Crippen molar-refractivity contribution in [2.24, 2.45) is 0 Å². The van der Waals surface area contributed by atoms with Crippen molar-refractivity contribution in [2.75, 3.05) is 18.5 Å². The minimum absolute atomic E-state index is 0.0455. The number of aliphatic hydroxyl groups excluding tert-OH is 1. The third-order valence-corrected chi connectivity index (χ3v) is 5.34. The first-order valence-corrected chi connectivity index (χ1v) is 10.0. The number of fused-ring (bicyclic) bond motifs is 1. The van der Waals surface area contributed by atoms with Crippen LogP contribution in [0.4, 0.5) is 5.13 Å². The lowest BCUT2D eigenvalue weighted by Gasteiger charge is -2.21. The molecule has 0 spiro atoms. The predicted molar refractivity (Wildman–Crippen MR) is 110 cm³/mol. The fourth-order valence-electron chi connectivity index (χ4n) is 3.15. The van der Waals surface area contributed by atoms with Gasteiger partial charge in [0.2, 0.25) is 0 Å². The van der Waals surface area contributed by atoms with Crippen molar-refractivity contribution in [3.63, 3.8) is 0 Å². The van der Waals surface area contributed by atoms with E-state index in [1.807, 2.05) is 23.6 Å². The van der Waals surface area contributed by atoms with Crippen LogP contribution in [0, 0.1) is 0 Å². The van der Waals surface area contributed by atoms with Crippen molar-refractivity contribution in [3.05, 3.63) is 80.6 Å². The Labute approximate surface area is 166 Å². The van der Waals surface area contributed by atoms with Crippen molar-refractivity contribution in [1.82, 2.24) is 20.3 Å². The second-order valence-electron chi connectivity index (χ2n) is 6.46. The van der Waals surface area contributed by atoms with Gasteiger partial charge in [0.15, 0.2) is 5.13 Å². The molecule has 0 fully saturated rings. The molecule has 3 heterocycles. The first-order valence-electron chi connectivity index (χ1n) is 9.14. The van der Waals surface area contributed by atoms with Gasteiger partial charge in [-0.15, -0.1) is 11.3 Å². The summed E-state index contributed by atoms with van der Waals surface area (Å²) in [6.07, 6.45) is 4.97. The number of hydrogen-bond acceptors (Lipinski definition) is 7. The van der Waals surface area contributed by atoms with Crippen LogP contribution in [-0.4, -0.2) is 33.2 Å². The maximum atomic E-state index is 12.6. The van der Waals surface area contributed by atoms with Gasteiger partial charge in [0, 0.05) is 18.3 Å². The number of benzene rings is 1. The number of thiazole rings is 1. The van der Waals surface area contributed by atoms with Crippen LogP contribution in [0.25, 0.3) is 6.08 Å². The largest absolute Gasteiger partial charge is 0.395 e. The Morgan fingerprint density at radius 3 is 2.86 bits per heavy atom. The van der Waals surface area contributed by atoms with Crippen molar-refractivity contribution in [3.8, 4) is 0 Å². The molecule has 0 aliphatic carbocycles. The molecule has 3 aromatic rings. The second kappa shape index (κ2) is 8.37. The maximum absolute atomic E-state index is 12.6. The van der Waals surface area contributed by atoms with Gasteiger partial charge in [-0.2, -0.15) is 0 Å². The van der Waals surface area contributed by atoms with Gasteiger partial charge in [0.1, 0.15) is 11.9 Å². The third kappa shape index (κ3) is 3.97. The van der Waals surface area contributed by atoms with E-state index in [-0.39, 0.29) is 18.2 Å². The maximum Gasteiger partial charge on any atom is 0.258 e. The Morgan fingerprint density at radius 2 is 2.04 bits per heavy atom. The van der Waals surface area contributed by atoms with E-state index in [0.29, 0.717) is 30.0 Å². The zero-order valence-electron chi connectivity index (χ0n) is 15.2. The summed E-state index contributed by atoms with van der Waals surface area (Å²) in [4.78, 5) is 24.8. The van der Waals surface area contributed by atoms with Crippen LogP contribution >= 0.6 is 11.3 Å². The lowest BCUT2D eigenvalue weighted by Crippen LogP contribution is -2.29. The molecular formula is C20H21N5O2S. The van der Waals surface area contributed by atoms with Gasteiger partial charge in [0.25, 0.3) is 5.56 Å². The molecule has 1 unspecified atom stereocenters. The Kier molecular flexibility index (Phi) is 5.50. The average Bonchev–Trinajstić information content (AvgIpc) is 3.20. The fraction of sp³-hybridized carbons (Fsp3) is 0.250. The standard InChI is InChI=1S/C20H21N5O2S/c26-11-10-22-20-23-15(12-28-20)18-17-14(8-9-21-18)19(27)25-16(24-17)7-6-13-4-2-1-3-5-13/h1-5,8-9,12,18,21,26H,6-7,10-11H2,(H,22,23)(H,24,25,27). The number of hydrogen-bond donors (Lipinski definition) is 4. The van der Waals surface area contributed by atoms with E-state index < -0.39 is 0 Å². The second-order valence-corrected chi connectivity index (χ2v) is 7.32. The van der Waals surface area contributed by atoms with Crippen LogP contribution in [-0.2, 0) is 12.8 Å². The monoisotopic (exact) mass is 395 g/mol. The summed E-state index contributed by atoms with van der Waals surface area (Å²) < 4.78 is 0. The van der Waals surface area contributed by atoms with E-state index in [2.05, 4.69) is 32.7 Å². The van der Waals surface area contributed by atoms with Crippen LogP contribution in [0.15, 0.2) is 46.7 Å². The number of aromatic amines is 1. The van der Waals surface area contributed by atoms with E-state index in [0.717, 1.165) is 17.2 Å². The molecule has 1 aromatic carbocycles. The molecule has 0 saturated heterocycles. The summed E-state index contributed by atoms with van der Waals surface area (Å²) in [5, 5.41) is 17.9. The molecule has 0 radical (unpaired) electrons. The minimum atomic E-state index is -0.279. The number of H-pyrrole nitrogens is 1. The van der Waals surface area contributed by atoms with Crippen LogP contribution < -0.4 is 16.2 Å². The average molecular weight is 395 g/mol. The van der Waals surface area contributed by atoms with Crippen LogP contribution in [0.3, 0.4) is 0 Å². The van der Waals surface area contributed by atoms with Crippen molar-refractivity contribution in [1.29, 1.82) is 0 Å². The van der Waals surface area contributed by atoms with Crippen LogP contribution in [0.1, 0.15) is 34.4 Å². The van der Waals surface area contributed by atoms with Crippen molar-refractivity contribution >= 4 is 22.5 Å². The Balaban J connectivity index is 1.60. The van der Waals surface area contributed by atoms with Gasteiger partial charge >= 0.3 is 0 Å². The van der Waals surface area contributed by atoms with Gasteiger partial charge in [-0.1, -0.05) is 30.3 Å². The molecular weight excluding hydrogens is 374 g/mol. The molecule has 2 aromatic heterocycles. The molecule has 0 bridgehead atoms. The molecule has 4 N–H and O–H groups in total. The van der Waals surface area contributed by atoms with Crippen molar-refractivity contribution in [2.45, 2.75) is 18.9 Å².